The third-order valence-electron chi connectivity index (χ3n) is 4.16. The highest BCUT2D eigenvalue weighted by molar-refractivity contribution is 5.78. The van der Waals surface area contributed by atoms with Gasteiger partial charge in [0.05, 0.1) is 6.42 Å². The Kier molecular flexibility index (Phi) is 6.68. The van der Waals surface area contributed by atoms with Crippen LogP contribution >= 0.6 is 0 Å². The van der Waals surface area contributed by atoms with E-state index in [1.807, 2.05) is 24.3 Å². The number of nitrogens with one attached hydrogen (secondary N) is 1. The summed E-state index contributed by atoms with van der Waals surface area (Å²) >= 11 is 0. The average Bonchev–Trinajstić information content (AvgIpc) is 2.51. The lowest BCUT2D eigenvalue weighted by atomic mass is 10.1. The number of anilines is 1. The van der Waals surface area contributed by atoms with E-state index in [-0.39, 0.29) is 5.91 Å². The number of nitrogen functional groups attached to an aromatic ring is 1. The number of hydrogen-bond acceptors (Lipinski definition) is 4. The summed E-state index contributed by atoms with van der Waals surface area (Å²) < 4.78 is 0. The van der Waals surface area contributed by atoms with Crippen molar-refractivity contribution in [1.82, 2.24) is 15.1 Å². The number of carbonyl (C=O) groups is 1. The number of rotatable bonds is 7. The van der Waals surface area contributed by atoms with Gasteiger partial charge in [0.1, 0.15) is 0 Å². The number of unbranched alkanes of at least 4 members (excludes halogenated alkanes) is 1. The van der Waals surface area contributed by atoms with Crippen LogP contribution in [0.25, 0.3) is 0 Å². The van der Waals surface area contributed by atoms with Crippen LogP contribution in [0.3, 0.4) is 0 Å². The SMILES string of the molecule is CN1CCN(CCCCNC(=O)Cc2ccc(N)cc2)CC1. The molecule has 22 heavy (non-hydrogen) atoms. The Morgan fingerprint density at radius 2 is 1.82 bits per heavy atom. The number of piperazine rings is 1. The van der Waals surface area contributed by atoms with Gasteiger partial charge in [0, 0.05) is 38.4 Å². The van der Waals surface area contributed by atoms with E-state index in [1.54, 1.807) is 0 Å². The number of hydrogen-bond donors (Lipinski definition) is 2. The summed E-state index contributed by atoms with van der Waals surface area (Å²) in [6.07, 6.45) is 2.62. The summed E-state index contributed by atoms with van der Waals surface area (Å²) in [5, 5.41) is 2.99. The molecule has 0 atom stereocenters. The molecular formula is C17H28N4O. The maximum Gasteiger partial charge on any atom is 0.224 e. The Morgan fingerprint density at radius 3 is 2.50 bits per heavy atom. The zero-order valence-electron chi connectivity index (χ0n) is 13.6. The molecule has 1 heterocycles. The van der Waals surface area contributed by atoms with Crippen molar-refractivity contribution in [3.05, 3.63) is 29.8 Å². The van der Waals surface area contributed by atoms with Gasteiger partial charge in [0.2, 0.25) is 5.91 Å². The highest BCUT2D eigenvalue weighted by Gasteiger charge is 2.12. The predicted octanol–water partition coefficient (Wildman–Crippen LogP) is 0.955. The fourth-order valence-electron chi connectivity index (χ4n) is 2.64. The van der Waals surface area contributed by atoms with E-state index in [2.05, 4.69) is 22.2 Å². The van der Waals surface area contributed by atoms with E-state index >= 15 is 0 Å². The molecule has 5 heteroatoms. The zero-order chi connectivity index (χ0) is 15.8. The molecule has 0 saturated carbocycles. The van der Waals surface area contributed by atoms with Crippen LogP contribution in [0, 0.1) is 0 Å². The number of amides is 1. The lowest BCUT2D eigenvalue weighted by Gasteiger charge is -2.32. The average molecular weight is 304 g/mol. The Hall–Kier alpha value is -1.59. The third-order valence-corrected chi connectivity index (χ3v) is 4.16. The molecule has 5 nitrogen and oxygen atoms in total. The van der Waals surface area contributed by atoms with Crippen LogP contribution in [0.15, 0.2) is 24.3 Å². The molecule has 1 aromatic carbocycles. The van der Waals surface area contributed by atoms with Crippen molar-refractivity contribution in [2.24, 2.45) is 0 Å². The molecule has 0 aliphatic carbocycles. The second-order valence-corrected chi connectivity index (χ2v) is 6.12. The zero-order valence-corrected chi connectivity index (χ0v) is 13.6. The molecule has 1 aromatic rings. The minimum atomic E-state index is 0.0874. The molecule has 0 bridgehead atoms. The molecule has 1 aliphatic heterocycles. The van der Waals surface area contributed by atoms with Crippen molar-refractivity contribution in [1.29, 1.82) is 0 Å². The largest absolute Gasteiger partial charge is 0.399 e. The molecule has 1 aliphatic rings. The second kappa shape index (κ2) is 8.76. The van der Waals surface area contributed by atoms with Crippen molar-refractivity contribution in [3.63, 3.8) is 0 Å². The lowest BCUT2D eigenvalue weighted by molar-refractivity contribution is -0.120. The second-order valence-electron chi connectivity index (χ2n) is 6.12. The van der Waals surface area contributed by atoms with Crippen molar-refractivity contribution in [2.45, 2.75) is 19.3 Å². The van der Waals surface area contributed by atoms with E-state index in [4.69, 9.17) is 5.73 Å². The summed E-state index contributed by atoms with van der Waals surface area (Å²) in [6.45, 7) is 6.57. The fraction of sp³-hybridized carbons (Fsp3) is 0.588. The van der Waals surface area contributed by atoms with Crippen LogP contribution in [0.2, 0.25) is 0 Å². The van der Waals surface area contributed by atoms with Gasteiger partial charge in [0.25, 0.3) is 0 Å². The Balaban J connectivity index is 1.53. The molecule has 0 radical (unpaired) electrons. The van der Waals surface area contributed by atoms with Crippen molar-refractivity contribution in [2.75, 3.05) is 52.0 Å². The Labute approximate surface area is 133 Å². The molecule has 3 N–H and O–H groups in total. The third kappa shape index (κ3) is 6.03. The van der Waals surface area contributed by atoms with E-state index in [0.717, 1.165) is 37.2 Å². The first-order valence-electron chi connectivity index (χ1n) is 8.15. The monoisotopic (exact) mass is 304 g/mol. The molecule has 0 spiro atoms. The van der Waals surface area contributed by atoms with Crippen molar-refractivity contribution in [3.8, 4) is 0 Å². The van der Waals surface area contributed by atoms with Gasteiger partial charge in [-0.25, -0.2) is 0 Å². The summed E-state index contributed by atoms with van der Waals surface area (Å²) in [6, 6.07) is 7.47. The summed E-state index contributed by atoms with van der Waals surface area (Å²) in [7, 11) is 2.17. The molecule has 0 unspecified atom stereocenters. The highest BCUT2D eigenvalue weighted by Crippen LogP contribution is 2.06. The van der Waals surface area contributed by atoms with Gasteiger partial charge in [-0.05, 0) is 44.1 Å². The van der Waals surface area contributed by atoms with E-state index in [0.29, 0.717) is 6.42 Å². The lowest BCUT2D eigenvalue weighted by Crippen LogP contribution is -2.44. The molecule has 2 rings (SSSR count). The van der Waals surface area contributed by atoms with Crippen molar-refractivity contribution < 1.29 is 4.79 Å². The maximum absolute atomic E-state index is 11.8. The van der Waals surface area contributed by atoms with E-state index < -0.39 is 0 Å². The number of likely N-dealkylation sites (N-methyl/N-ethyl adjacent to an activating group) is 1. The van der Waals surface area contributed by atoms with Crippen LogP contribution in [-0.2, 0) is 11.2 Å². The Bertz CT molecular complexity index is 452. The molecule has 1 amide bonds. The smallest absolute Gasteiger partial charge is 0.224 e. The van der Waals surface area contributed by atoms with Gasteiger partial charge in [-0.2, -0.15) is 0 Å². The first-order valence-corrected chi connectivity index (χ1v) is 8.15. The number of nitrogens with two attached hydrogens (primary N) is 1. The van der Waals surface area contributed by atoms with E-state index in [9.17, 15) is 4.79 Å². The number of carbonyl (C=O) groups excluding carboxylic acids is 1. The fourth-order valence-corrected chi connectivity index (χ4v) is 2.64. The Morgan fingerprint density at radius 1 is 1.14 bits per heavy atom. The minimum Gasteiger partial charge on any atom is -0.399 e. The van der Waals surface area contributed by atoms with Gasteiger partial charge >= 0.3 is 0 Å². The molecule has 122 valence electrons. The molecule has 1 saturated heterocycles. The standard InChI is InChI=1S/C17H28N4O/c1-20-10-12-21(13-11-20)9-3-2-8-19-17(22)14-15-4-6-16(18)7-5-15/h4-7H,2-3,8-14,18H2,1H3,(H,19,22). The first-order chi connectivity index (χ1) is 10.6. The normalized spacial score (nSPS) is 16.6. The van der Waals surface area contributed by atoms with Crippen LogP contribution in [-0.4, -0.2) is 62.0 Å². The van der Waals surface area contributed by atoms with Crippen LogP contribution in [0.5, 0.6) is 0 Å². The van der Waals surface area contributed by atoms with Crippen LogP contribution in [0.4, 0.5) is 5.69 Å². The van der Waals surface area contributed by atoms with Gasteiger partial charge in [-0.1, -0.05) is 12.1 Å². The van der Waals surface area contributed by atoms with Gasteiger partial charge in [-0.3, -0.25) is 4.79 Å². The minimum absolute atomic E-state index is 0.0874. The predicted molar refractivity (Wildman–Crippen MR) is 90.7 cm³/mol. The maximum atomic E-state index is 11.8. The van der Waals surface area contributed by atoms with Crippen LogP contribution in [0.1, 0.15) is 18.4 Å². The number of benzene rings is 1. The van der Waals surface area contributed by atoms with Gasteiger partial charge in [0.15, 0.2) is 0 Å². The quantitative estimate of drug-likeness (QED) is 0.582. The summed E-state index contributed by atoms with van der Waals surface area (Å²) in [5.41, 5.74) is 7.37. The van der Waals surface area contributed by atoms with Crippen molar-refractivity contribution >= 4 is 11.6 Å². The van der Waals surface area contributed by atoms with Crippen LogP contribution < -0.4 is 11.1 Å². The topological polar surface area (TPSA) is 61.6 Å². The molecule has 1 fully saturated rings. The summed E-state index contributed by atoms with van der Waals surface area (Å²) in [4.78, 5) is 16.7. The first kappa shape index (κ1) is 16.8. The highest BCUT2D eigenvalue weighted by atomic mass is 16.1. The summed E-state index contributed by atoms with van der Waals surface area (Å²) in [5.74, 6) is 0.0874. The molecular weight excluding hydrogens is 276 g/mol. The van der Waals surface area contributed by atoms with Gasteiger partial charge < -0.3 is 20.9 Å². The van der Waals surface area contributed by atoms with E-state index in [1.165, 1.54) is 26.2 Å². The number of nitrogens with zero attached hydrogens (tertiary/aromatic N) is 2. The van der Waals surface area contributed by atoms with Gasteiger partial charge in [-0.15, -0.1) is 0 Å². The molecule has 0 aromatic heterocycles.